The zero-order valence-electron chi connectivity index (χ0n) is 23.7. The molecule has 4 aromatic carbocycles. The highest BCUT2D eigenvalue weighted by molar-refractivity contribution is 7.87. The Kier molecular flexibility index (Phi) is 11.6. The molecule has 0 radical (unpaired) electrons. The molecule has 0 N–H and O–H groups in total. The molecule has 0 saturated heterocycles. The van der Waals surface area contributed by atoms with Crippen molar-refractivity contribution in [2.45, 2.75) is 35.4 Å². The number of nitro benzene ring substituents is 2. The molecule has 0 atom stereocenters. The van der Waals surface area contributed by atoms with Crippen molar-refractivity contribution in [1.29, 1.82) is 0 Å². The van der Waals surface area contributed by atoms with Gasteiger partial charge in [-0.3, -0.25) is 28.6 Å². The molecule has 0 spiro atoms. The van der Waals surface area contributed by atoms with E-state index >= 15 is 0 Å². The van der Waals surface area contributed by atoms with E-state index in [0.29, 0.717) is 17.7 Å². The van der Waals surface area contributed by atoms with Crippen molar-refractivity contribution in [3.63, 3.8) is 0 Å². The average Bonchev–Trinajstić information content (AvgIpc) is 3.03. The molecule has 0 fully saturated rings. The highest BCUT2D eigenvalue weighted by Crippen LogP contribution is 2.35. The molecule has 0 bridgehead atoms. The summed E-state index contributed by atoms with van der Waals surface area (Å²) in [6.07, 6.45) is -9.52. The SMILES string of the molecule is O=[N+]([O-])c1ccc(COS(=O)(=O)c2cccc(C(F)(F)F)c2)cc1.O=[N+]([O-])c1ccc(COS(=O)(=O)c2ccccc2C(F)(F)F)cc1. The van der Waals surface area contributed by atoms with E-state index in [2.05, 4.69) is 4.18 Å². The number of alkyl halides is 6. The molecule has 0 saturated carbocycles. The highest BCUT2D eigenvalue weighted by atomic mass is 32.2. The minimum atomic E-state index is -4.85. The third kappa shape index (κ3) is 10.3. The van der Waals surface area contributed by atoms with E-state index in [9.17, 15) is 63.4 Å². The number of nitro groups is 2. The van der Waals surface area contributed by atoms with Gasteiger partial charge >= 0.3 is 12.4 Å². The Hall–Kier alpha value is -4.92. The summed E-state index contributed by atoms with van der Waals surface area (Å²) in [4.78, 5) is 18.2. The molecule has 4 aromatic rings. The molecule has 0 amide bonds. The predicted molar refractivity (Wildman–Crippen MR) is 153 cm³/mol. The summed E-state index contributed by atoms with van der Waals surface area (Å²) >= 11 is 0. The normalized spacial score (nSPS) is 12.1. The second-order valence-electron chi connectivity index (χ2n) is 9.30. The fourth-order valence-electron chi connectivity index (χ4n) is 3.60. The van der Waals surface area contributed by atoms with Gasteiger partial charge in [-0.25, -0.2) is 0 Å². The Labute approximate surface area is 267 Å². The molecule has 256 valence electrons. The Balaban J connectivity index is 0.000000260. The maximum atomic E-state index is 12.9. The van der Waals surface area contributed by atoms with Gasteiger partial charge in [0.25, 0.3) is 31.6 Å². The van der Waals surface area contributed by atoms with Gasteiger partial charge in [-0.1, -0.05) is 18.2 Å². The molecule has 0 heterocycles. The van der Waals surface area contributed by atoms with Crippen LogP contribution in [0.15, 0.2) is 107 Å². The Morgan fingerprint density at radius 1 is 0.583 bits per heavy atom. The van der Waals surface area contributed by atoms with Gasteiger partial charge in [0.15, 0.2) is 0 Å². The third-order valence-electron chi connectivity index (χ3n) is 5.97. The summed E-state index contributed by atoms with van der Waals surface area (Å²) in [6, 6.07) is 16.5. The monoisotopic (exact) mass is 722 g/mol. The smallest absolute Gasteiger partial charge is 0.262 e. The van der Waals surface area contributed by atoms with E-state index < -0.39 is 76.6 Å². The summed E-state index contributed by atoms with van der Waals surface area (Å²) < 4.78 is 134. The summed E-state index contributed by atoms with van der Waals surface area (Å²) in [5, 5.41) is 21.0. The summed E-state index contributed by atoms with van der Waals surface area (Å²) in [7, 11) is -9.05. The average molecular weight is 723 g/mol. The zero-order valence-corrected chi connectivity index (χ0v) is 25.3. The first kappa shape index (κ1) is 37.5. The van der Waals surface area contributed by atoms with E-state index in [-0.39, 0.29) is 16.9 Å². The zero-order chi connectivity index (χ0) is 35.9. The lowest BCUT2D eigenvalue weighted by Gasteiger charge is -2.13. The van der Waals surface area contributed by atoms with Gasteiger partial charge in [0.2, 0.25) is 0 Å². The fraction of sp³-hybridized carbons (Fsp3) is 0.143. The predicted octanol–water partition coefficient (Wildman–Crippen LogP) is 7.04. The van der Waals surface area contributed by atoms with Gasteiger partial charge < -0.3 is 0 Å². The van der Waals surface area contributed by atoms with Crippen LogP contribution in [-0.2, 0) is 54.2 Å². The lowest BCUT2D eigenvalue weighted by atomic mass is 10.2. The molecular weight excluding hydrogens is 702 g/mol. The van der Waals surface area contributed by atoms with Crippen LogP contribution in [-0.4, -0.2) is 26.7 Å². The van der Waals surface area contributed by atoms with Crippen LogP contribution in [0.2, 0.25) is 0 Å². The largest absolute Gasteiger partial charge is 0.417 e. The molecule has 4 rings (SSSR count). The number of benzene rings is 4. The molecule has 0 aromatic heterocycles. The Bertz CT molecular complexity index is 1980. The summed E-state index contributed by atoms with van der Waals surface area (Å²) in [5.41, 5.74) is -2.25. The van der Waals surface area contributed by atoms with Crippen molar-refractivity contribution in [1.82, 2.24) is 0 Å². The van der Waals surface area contributed by atoms with Gasteiger partial charge in [0.1, 0.15) is 4.90 Å². The van der Waals surface area contributed by atoms with Crippen LogP contribution in [0, 0.1) is 20.2 Å². The standard InChI is InChI=1S/2C14H10F3NO5S/c15-14(16,17)11-2-1-3-13(8-11)24(21,22)23-9-10-4-6-12(7-5-10)18(19)20;15-14(16,17)12-3-1-2-4-13(12)24(21,22)23-9-10-5-7-11(8-6-10)18(19)20/h2*1-8H,9H2. The molecule has 0 unspecified atom stereocenters. The lowest BCUT2D eigenvalue weighted by molar-refractivity contribution is -0.385. The van der Waals surface area contributed by atoms with Gasteiger partial charge in [-0.2, -0.15) is 43.2 Å². The Morgan fingerprint density at radius 2 is 1.04 bits per heavy atom. The van der Waals surface area contributed by atoms with Crippen molar-refractivity contribution in [2.24, 2.45) is 0 Å². The van der Waals surface area contributed by atoms with Crippen molar-refractivity contribution < 1.29 is 61.4 Å². The molecule has 12 nitrogen and oxygen atoms in total. The number of hydrogen-bond acceptors (Lipinski definition) is 10. The number of nitrogens with zero attached hydrogens (tertiary/aromatic N) is 2. The quantitative estimate of drug-likeness (QED) is 0.0715. The molecular formula is C28H20F6N2O10S2. The maximum absolute atomic E-state index is 12.9. The first-order chi connectivity index (χ1) is 22.2. The van der Waals surface area contributed by atoms with Crippen molar-refractivity contribution >= 4 is 31.6 Å². The maximum Gasteiger partial charge on any atom is 0.417 e. The topological polar surface area (TPSA) is 173 Å². The fourth-order valence-corrected chi connectivity index (χ4v) is 5.66. The van der Waals surface area contributed by atoms with Crippen molar-refractivity contribution in [2.75, 3.05) is 0 Å². The summed E-state index contributed by atoms with van der Waals surface area (Å²) in [5.74, 6) is 0. The molecule has 0 aliphatic heterocycles. The van der Waals surface area contributed by atoms with E-state index in [1.165, 1.54) is 24.3 Å². The van der Waals surface area contributed by atoms with Crippen LogP contribution >= 0.6 is 0 Å². The first-order valence-electron chi connectivity index (χ1n) is 12.8. The lowest BCUT2D eigenvalue weighted by Crippen LogP contribution is -2.15. The van der Waals surface area contributed by atoms with E-state index in [1.807, 2.05) is 0 Å². The van der Waals surface area contributed by atoms with Crippen molar-refractivity contribution in [3.05, 3.63) is 140 Å². The minimum absolute atomic E-state index is 0.181. The molecule has 0 aliphatic carbocycles. The number of halogens is 6. The molecule has 20 heteroatoms. The van der Waals surface area contributed by atoms with Gasteiger partial charge in [0, 0.05) is 24.3 Å². The Morgan fingerprint density at radius 3 is 1.48 bits per heavy atom. The highest BCUT2D eigenvalue weighted by Gasteiger charge is 2.37. The van der Waals surface area contributed by atoms with Gasteiger partial charge in [-0.15, -0.1) is 0 Å². The second-order valence-corrected chi connectivity index (χ2v) is 12.5. The number of hydrogen-bond donors (Lipinski definition) is 0. The van der Waals surface area contributed by atoms with Crippen LogP contribution in [0.5, 0.6) is 0 Å². The number of non-ortho nitro benzene ring substituents is 2. The third-order valence-corrected chi connectivity index (χ3v) is 8.55. The second kappa shape index (κ2) is 14.9. The van der Waals surface area contributed by atoms with Crippen LogP contribution < -0.4 is 0 Å². The van der Waals surface area contributed by atoms with E-state index in [0.717, 1.165) is 60.7 Å². The van der Waals surface area contributed by atoms with Gasteiger partial charge in [-0.05, 0) is 65.7 Å². The van der Waals surface area contributed by atoms with E-state index in [4.69, 9.17) is 4.18 Å². The van der Waals surface area contributed by atoms with Crippen molar-refractivity contribution in [3.8, 4) is 0 Å². The first-order valence-corrected chi connectivity index (χ1v) is 15.6. The molecule has 48 heavy (non-hydrogen) atoms. The van der Waals surface area contributed by atoms with Gasteiger partial charge in [0.05, 0.1) is 39.1 Å². The minimum Gasteiger partial charge on any atom is -0.262 e. The van der Waals surface area contributed by atoms with Crippen LogP contribution in [0.25, 0.3) is 0 Å². The van der Waals surface area contributed by atoms with Crippen LogP contribution in [0.3, 0.4) is 0 Å². The van der Waals surface area contributed by atoms with Crippen LogP contribution in [0.1, 0.15) is 22.3 Å². The van der Waals surface area contributed by atoms with E-state index in [1.54, 1.807) is 0 Å². The molecule has 0 aliphatic rings. The van der Waals surface area contributed by atoms with Crippen LogP contribution in [0.4, 0.5) is 37.7 Å². The number of rotatable bonds is 10. The summed E-state index contributed by atoms with van der Waals surface area (Å²) in [6.45, 7) is -1.01.